The summed E-state index contributed by atoms with van der Waals surface area (Å²) in [6, 6.07) is 22.3. The summed E-state index contributed by atoms with van der Waals surface area (Å²) in [5, 5.41) is 4.20. The van der Waals surface area contributed by atoms with E-state index in [2.05, 4.69) is 42.6 Å². The molecule has 0 atom stereocenters. The van der Waals surface area contributed by atoms with Crippen LogP contribution in [0.2, 0.25) is 5.02 Å². The van der Waals surface area contributed by atoms with Gasteiger partial charge in [-0.25, -0.2) is 0 Å². The second kappa shape index (κ2) is 11.7. The van der Waals surface area contributed by atoms with Gasteiger partial charge in [-0.05, 0) is 54.8 Å². The van der Waals surface area contributed by atoms with Gasteiger partial charge in [0.1, 0.15) is 6.61 Å². The van der Waals surface area contributed by atoms with Gasteiger partial charge in [-0.1, -0.05) is 59.6 Å². The van der Waals surface area contributed by atoms with E-state index in [9.17, 15) is 0 Å². The quantitative estimate of drug-likeness (QED) is 0.428. The summed E-state index contributed by atoms with van der Waals surface area (Å²) >= 11 is 5.93. The summed E-state index contributed by atoms with van der Waals surface area (Å²) in [4.78, 5) is 0. The number of halogens is 2. The van der Waals surface area contributed by atoms with Crippen molar-refractivity contribution in [2.45, 2.75) is 33.5 Å². The van der Waals surface area contributed by atoms with E-state index >= 15 is 0 Å². The SMILES string of the molecule is CCOc1cc(CNCc2ccc(C)cc2)ccc1OCc1ccc(Cl)cc1.Cl. The molecule has 154 valence electrons. The first-order chi connectivity index (χ1) is 13.6. The predicted octanol–water partition coefficient (Wildman–Crippen LogP) is 6.34. The van der Waals surface area contributed by atoms with Crippen molar-refractivity contribution in [2.24, 2.45) is 0 Å². The summed E-state index contributed by atoms with van der Waals surface area (Å²) in [6.45, 7) is 6.75. The summed E-state index contributed by atoms with van der Waals surface area (Å²) in [7, 11) is 0. The van der Waals surface area contributed by atoms with Crippen LogP contribution in [-0.2, 0) is 19.7 Å². The number of hydrogen-bond donors (Lipinski definition) is 1. The van der Waals surface area contributed by atoms with Crippen molar-refractivity contribution < 1.29 is 9.47 Å². The van der Waals surface area contributed by atoms with E-state index < -0.39 is 0 Å². The first-order valence-corrected chi connectivity index (χ1v) is 9.91. The number of hydrogen-bond acceptors (Lipinski definition) is 3. The lowest BCUT2D eigenvalue weighted by Gasteiger charge is -2.14. The number of benzene rings is 3. The van der Waals surface area contributed by atoms with Gasteiger partial charge in [0, 0.05) is 18.1 Å². The minimum Gasteiger partial charge on any atom is -0.490 e. The highest BCUT2D eigenvalue weighted by molar-refractivity contribution is 6.30. The summed E-state index contributed by atoms with van der Waals surface area (Å²) < 4.78 is 11.8. The van der Waals surface area contributed by atoms with Gasteiger partial charge >= 0.3 is 0 Å². The Morgan fingerprint density at radius 1 is 0.759 bits per heavy atom. The molecule has 5 heteroatoms. The second-order valence-corrected chi connectivity index (χ2v) is 7.15. The molecule has 0 spiro atoms. The molecule has 0 aliphatic rings. The Labute approximate surface area is 184 Å². The molecule has 0 fully saturated rings. The maximum atomic E-state index is 5.97. The van der Waals surface area contributed by atoms with Crippen molar-refractivity contribution in [3.63, 3.8) is 0 Å². The minimum absolute atomic E-state index is 0. The summed E-state index contributed by atoms with van der Waals surface area (Å²) in [5.41, 5.74) is 4.78. The first kappa shape index (κ1) is 23.1. The topological polar surface area (TPSA) is 30.5 Å². The molecule has 3 rings (SSSR count). The Morgan fingerprint density at radius 2 is 1.38 bits per heavy atom. The van der Waals surface area contributed by atoms with E-state index in [0.29, 0.717) is 13.2 Å². The van der Waals surface area contributed by atoms with Crippen molar-refractivity contribution in [3.8, 4) is 11.5 Å². The van der Waals surface area contributed by atoms with Gasteiger partial charge in [-0.3, -0.25) is 0 Å². The van der Waals surface area contributed by atoms with Crippen LogP contribution in [0.3, 0.4) is 0 Å². The number of ether oxygens (including phenoxy) is 2. The zero-order chi connectivity index (χ0) is 19.8. The third kappa shape index (κ3) is 7.28. The largest absolute Gasteiger partial charge is 0.490 e. The van der Waals surface area contributed by atoms with Gasteiger partial charge in [0.25, 0.3) is 0 Å². The van der Waals surface area contributed by atoms with Crippen LogP contribution >= 0.6 is 24.0 Å². The molecule has 0 aliphatic carbocycles. The van der Waals surface area contributed by atoms with Crippen LogP contribution in [0.4, 0.5) is 0 Å². The highest BCUT2D eigenvalue weighted by Crippen LogP contribution is 2.29. The monoisotopic (exact) mass is 431 g/mol. The molecule has 0 amide bonds. The Balaban J connectivity index is 0.00000300. The molecular weight excluding hydrogens is 405 g/mol. The minimum atomic E-state index is 0. The van der Waals surface area contributed by atoms with Crippen LogP contribution in [0.25, 0.3) is 0 Å². The first-order valence-electron chi connectivity index (χ1n) is 9.53. The van der Waals surface area contributed by atoms with Crippen molar-refractivity contribution in [3.05, 3.63) is 94.0 Å². The predicted molar refractivity (Wildman–Crippen MR) is 122 cm³/mol. The van der Waals surface area contributed by atoms with Gasteiger partial charge in [-0.2, -0.15) is 0 Å². The molecule has 29 heavy (non-hydrogen) atoms. The molecule has 0 aromatic heterocycles. The molecule has 0 radical (unpaired) electrons. The summed E-state index contributed by atoms with van der Waals surface area (Å²) in [6.07, 6.45) is 0. The van der Waals surface area contributed by atoms with Crippen molar-refractivity contribution >= 4 is 24.0 Å². The Bertz CT molecular complexity index is 880. The van der Waals surface area contributed by atoms with E-state index in [1.54, 1.807) is 0 Å². The van der Waals surface area contributed by atoms with Crippen LogP contribution in [0.1, 0.15) is 29.2 Å². The van der Waals surface area contributed by atoms with Crippen LogP contribution in [0.5, 0.6) is 11.5 Å². The van der Waals surface area contributed by atoms with Gasteiger partial charge in [0.15, 0.2) is 11.5 Å². The van der Waals surface area contributed by atoms with Crippen LogP contribution < -0.4 is 14.8 Å². The van der Waals surface area contributed by atoms with Gasteiger partial charge < -0.3 is 14.8 Å². The van der Waals surface area contributed by atoms with Crippen LogP contribution in [-0.4, -0.2) is 6.61 Å². The lowest BCUT2D eigenvalue weighted by Crippen LogP contribution is -2.13. The van der Waals surface area contributed by atoms with E-state index in [-0.39, 0.29) is 12.4 Å². The van der Waals surface area contributed by atoms with Crippen molar-refractivity contribution in [1.82, 2.24) is 5.32 Å². The highest BCUT2D eigenvalue weighted by Gasteiger charge is 2.07. The standard InChI is InChI=1S/C24H26ClNO2.ClH/c1-3-27-24-14-21(16-26-15-19-6-4-18(2)5-7-19)10-13-23(24)28-17-20-8-11-22(25)12-9-20;/h4-14,26H,3,15-17H2,1-2H3;1H. The highest BCUT2D eigenvalue weighted by atomic mass is 35.5. The van der Waals surface area contributed by atoms with E-state index in [1.165, 1.54) is 11.1 Å². The van der Waals surface area contributed by atoms with E-state index in [0.717, 1.165) is 40.7 Å². The smallest absolute Gasteiger partial charge is 0.161 e. The molecule has 0 unspecified atom stereocenters. The molecule has 3 nitrogen and oxygen atoms in total. The average Bonchev–Trinajstić information content (AvgIpc) is 2.70. The van der Waals surface area contributed by atoms with Crippen molar-refractivity contribution in [1.29, 1.82) is 0 Å². The van der Waals surface area contributed by atoms with Crippen molar-refractivity contribution in [2.75, 3.05) is 6.61 Å². The molecule has 0 heterocycles. The zero-order valence-corrected chi connectivity index (χ0v) is 18.4. The molecule has 0 saturated carbocycles. The maximum absolute atomic E-state index is 5.97. The lowest BCUT2D eigenvalue weighted by atomic mass is 10.1. The lowest BCUT2D eigenvalue weighted by molar-refractivity contribution is 0.269. The number of nitrogens with one attached hydrogen (secondary N) is 1. The Hall–Kier alpha value is -2.20. The molecule has 0 saturated heterocycles. The Morgan fingerprint density at radius 3 is 2.07 bits per heavy atom. The zero-order valence-electron chi connectivity index (χ0n) is 16.8. The molecule has 1 N–H and O–H groups in total. The Kier molecular flexibility index (Phi) is 9.33. The van der Waals surface area contributed by atoms with Crippen LogP contribution in [0.15, 0.2) is 66.7 Å². The normalized spacial score (nSPS) is 10.3. The average molecular weight is 432 g/mol. The van der Waals surface area contributed by atoms with E-state index in [4.69, 9.17) is 21.1 Å². The summed E-state index contributed by atoms with van der Waals surface area (Å²) in [5.74, 6) is 1.52. The molecule has 0 bridgehead atoms. The van der Waals surface area contributed by atoms with Gasteiger partial charge in [0.05, 0.1) is 6.61 Å². The third-order valence-corrected chi connectivity index (χ3v) is 4.65. The maximum Gasteiger partial charge on any atom is 0.161 e. The fourth-order valence-corrected chi connectivity index (χ4v) is 2.97. The third-order valence-electron chi connectivity index (χ3n) is 4.39. The van der Waals surface area contributed by atoms with E-state index in [1.807, 2.05) is 43.3 Å². The number of rotatable bonds is 9. The van der Waals surface area contributed by atoms with Gasteiger partial charge in [-0.15, -0.1) is 12.4 Å². The fourth-order valence-electron chi connectivity index (χ4n) is 2.85. The van der Waals surface area contributed by atoms with Crippen LogP contribution in [0, 0.1) is 6.92 Å². The van der Waals surface area contributed by atoms with Gasteiger partial charge in [0.2, 0.25) is 0 Å². The number of aryl methyl sites for hydroxylation is 1. The molecule has 0 aliphatic heterocycles. The fraction of sp³-hybridized carbons (Fsp3) is 0.250. The molecule has 3 aromatic carbocycles. The molecular formula is C24H27Cl2NO2. The molecule has 3 aromatic rings. The second-order valence-electron chi connectivity index (χ2n) is 6.72.